The summed E-state index contributed by atoms with van der Waals surface area (Å²) in [7, 11) is 0. The lowest BCUT2D eigenvalue weighted by Crippen LogP contribution is -2.27. The van der Waals surface area contributed by atoms with Gasteiger partial charge in [-0.15, -0.1) is 11.8 Å². The molecule has 0 spiro atoms. The third-order valence-corrected chi connectivity index (χ3v) is 4.63. The van der Waals surface area contributed by atoms with Crippen molar-refractivity contribution in [2.24, 2.45) is 0 Å². The first kappa shape index (κ1) is 14.4. The van der Waals surface area contributed by atoms with Crippen LogP contribution in [0.25, 0.3) is 0 Å². The Kier molecular flexibility index (Phi) is 3.87. The van der Waals surface area contributed by atoms with Crippen LogP contribution in [0.1, 0.15) is 10.9 Å². The van der Waals surface area contributed by atoms with Crippen LogP contribution in [0.2, 0.25) is 5.02 Å². The zero-order valence-electron chi connectivity index (χ0n) is 10.7. The van der Waals surface area contributed by atoms with Crippen molar-refractivity contribution in [2.45, 2.75) is 5.37 Å². The van der Waals surface area contributed by atoms with Crippen LogP contribution in [0.15, 0.2) is 42.5 Å². The summed E-state index contributed by atoms with van der Waals surface area (Å²) in [4.78, 5) is 13.7. The summed E-state index contributed by atoms with van der Waals surface area (Å²) in [5.41, 5.74) is 1.19. The van der Waals surface area contributed by atoms with Crippen LogP contribution in [0.3, 0.4) is 0 Å². The van der Waals surface area contributed by atoms with E-state index in [0.717, 1.165) is 12.1 Å². The molecule has 0 aliphatic carbocycles. The minimum absolute atomic E-state index is 0.0861. The molecule has 1 aliphatic heterocycles. The molecule has 0 radical (unpaired) electrons. The van der Waals surface area contributed by atoms with E-state index in [1.807, 2.05) is 0 Å². The molecule has 2 aromatic rings. The maximum absolute atomic E-state index is 13.4. The molecule has 1 aliphatic rings. The molecule has 0 bridgehead atoms. The quantitative estimate of drug-likeness (QED) is 0.816. The highest BCUT2D eigenvalue weighted by Gasteiger charge is 2.34. The minimum Gasteiger partial charge on any atom is -0.295 e. The Balaban J connectivity index is 2.01. The van der Waals surface area contributed by atoms with Crippen molar-refractivity contribution in [3.63, 3.8) is 0 Å². The van der Waals surface area contributed by atoms with Gasteiger partial charge in [-0.2, -0.15) is 0 Å². The second-order valence-corrected chi connectivity index (χ2v) is 6.09. The van der Waals surface area contributed by atoms with E-state index >= 15 is 0 Å². The molecule has 108 valence electrons. The summed E-state index contributed by atoms with van der Waals surface area (Å²) in [6, 6.07) is 10.6. The number of thioether (sulfide) groups is 1. The Morgan fingerprint density at radius 3 is 2.67 bits per heavy atom. The highest BCUT2D eigenvalue weighted by Crippen LogP contribution is 2.42. The lowest BCUT2D eigenvalue weighted by Gasteiger charge is -2.24. The van der Waals surface area contributed by atoms with Gasteiger partial charge < -0.3 is 0 Å². The molecule has 1 atom stereocenters. The lowest BCUT2D eigenvalue weighted by atomic mass is 10.1. The average molecular weight is 326 g/mol. The fourth-order valence-corrected chi connectivity index (χ4v) is 3.59. The summed E-state index contributed by atoms with van der Waals surface area (Å²) in [5, 5.41) is 0.132. The molecule has 2 nitrogen and oxygen atoms in total. The molecular weight excluding hydrogens is 316 g/mol. The number of hydrogen-bond acceptors (Lipinski definition) is 2. The Morgan fingerprint density at radius 2 is 1.95 bits per heavy atom. The van der Waals surface area contributed by atoms with E-state index in [9.17, 15) is 13.6 Å². The van der Waals surface area contributed by atoms with E-state index in [2.05, 4.69) is 0 Å². The maximum Gasteiger partial charge on any atom is 0.238 e. The van der Waals surface area contributed by atoms with Crippen LogP contribution >= 0.6 is 23.4 Å². The van der Waals surface area contributed by atoms with Crippen LogP contribution in [-0.4, -0.2) is 11.7 Å². The van der Waals surface area contributed by atoms with Gasteiger partial charge in [0.05, 0.1) is 5.75 Å². The molecule has 0 saturated carbocycles. The van der Waals surface area contributed by atoms with E-state index in [4.69, 9.17) is 11.6 Å². The van der Waals surface area contributed by atoms with Crippen molar-refractivity contribution in [3.8, 4) is 0 Å². The lowest BCUT2D eigenvalue weighted by molar-refractivity contribution is -0.115. The van der Waals surface area contributed by atoms with Gasteiger partial charge >= 0.3 is 0 Å². The largest absolute Gasteiger partial charge is 0.295 e. The Bertz CT molecular complexity index is 710. The van der Waals surface area contributed by atoms with Crippen LogP contribution in [-0.2, 0) is 4.79 Å². The van der Waals surface area contributed by atoms with Gasteiger partial charge in [-0.25, -0.2) is 8.78 Å². The normalized spacial score (nSPS) is 18.3. The maximum atomic E-state index is 13.4. The van der Waals surface area contributed by atoms with Crippen LogP contribution < -0.4 is 4.90 Å². The third kappa shape index (κ3) is 2.76. The van der Waals surface area contributed by atoms with Crippen molar-refractivity contribution < 1.29 is 13.6 Å². The molecule has 1 fully saturated rings. The number of carbonyl (C=O) groups is 1. The van der Waals surface area contributed by atoms with Gasteiger partial charge in [-0.3, -0.25) is 9.69 Å². The predicted molar refractivity (Wildman–Crippen MR) is 80.5 cm³/mol. The molecule has 1 heterocycles. The first-order valence-corrected chi connectivity index (χ1v) is 7.63. The van der Waals surface area contributed by atoms with Gasteiger partial charge in [0.25, 0.3) is 0 Å². The van der Waals surface area contributed by atoms with E-state index in [-0.39, 0.29) is 17.0 Å². The molecular formula is C15H10ClF2NOS. The average Bonchev–Trinajstić information content (AvgIpc) is 2.84. The molecule has 1 saturated heterocycles. The van der Waals surface area contributed by atoms with E-state index in [1.54, 1.807) is 29.2 Å². The molecule has 0 unspecified atom stereocenters. The van der Waals surface area contributed by atoms with E-state index in [1.165, 1.54) is 17.8 Å². The fourth-order valence-electron chi connectivity index (χ4n) is 2.24. The summed E-state index contributed by atoms with van der Waals surface area (Å²) in [6.45, 7) is 0. The topological polar surface area (TPSA) is 20.3 Å². The molecule has 3 rings (SSSR count). The van der Waals surface area contributed by atoms with Gasteiger partial charge in [0.15, 0.2) is 11.6 Å². The van der Waals surface area contributed by atoms with E-state index < -0.39 is 11.6 Å². The highest BCUT2D eigenvalue weighted by atomic mass is 35.5. The number of carbonyl (C=O) groups excluding carboxylic acids is 1. The molecule has 21 heavy (non-hydrogen) atoms. The molecule has 0 aromatic heterocycles. The van der Waals surface area contributed by atoms with Gasteiger partial charge in [0, 0.05) is 10.7 Å². The number of anilines is 1. The monoisotopic (exact) mass is 325 g/mol. The number of halogens is 3. The zero-order chi connectivity index (χ0) is 15.0. The van der Waals surface area contributed by atoms with Gasteiger partial charge in [-0.05, 0) is 35.9 Å². The Hall–Kier alpha value is -1.59. The predicted octanol–water partition coefficient (Wildman–Crippen LogP) is 4.40. The molecule has 6 heteroatoms. The van der Waals surface area contributed by atoms with Crippen molar-refractivity contribution >= 4 is 35.0 Å². The van der Waals surface area contributed by atoms with E-state index in [0.29, 0.717) is 16.3 Å². The van der Waals surface area contributed by atoms with Crippen molar-refractivity contribution in [3.05, 3.63) is 64.7 Å². The second-order valence-electron chi connectivity index (χ2n) is 4.58. The Morgan fingerprint density at radius 1 is 1.14 bits per heavy atom. The van der Waals surface area contributed by atoms with Crippen molar-refractivity contribution in [2.75, 3.05) is 10.7 Å². The number of rotatable bonds is 2. The molecule has 0 N–H and O–H groups in total. The second kappa shape index (κ2) is 5.66. The summed E-state index contributed by atoms with van der Waals surface area (Å²) in [6.07, 6.45) is 0. The summed E-state index contributed by atoms with van der Waals surface area (Å²) >= 11 is 7.33. The standard InChI is InChI=1S/C15H10ClF2NOS/c16-10-2-1-3-11(7-10)19-14(20)8-21-15(19)9-4-5-12(17)13(18)6-9/h1-7,15H,8H2/t15-/m1/s1. The van der Waals surface area contributed by atoms with Crippen LogP contribution in [0.5, 0.6) is 0 Å². The van der Waals surface area contributed by atoms with Crippen molar-refractivity contribution in [1.82, 2.24) is 0 Å². The number of nitrogens with zero attached hydrogens (tertiary/aromatic N) is 1. The number of benzene rings is 2. The SMILES string of the molecule is O=C1CS[C@H](c2ccc(F)c(F)c2)N1c1cccc(Cl)c1. The van der Waals surface area contributed by atoms with Crippen molar-refractivity contribution in [1.29, 1.82) is 0 Å². The van der Waals surface area contributed by atoms with Crippen LogP contribution in [0.4, 0.5) is 14.5 Å². The number of hydrogen-bond donors (Lipinski definition) is 0. The first-order chi connectivity index (χ1) is 10.1. The molecule has 2 aromatic carbocycles. The zero-order valence-corrected chi connectivity index (χ0v) is 12.3. The summed E-state index contributed by atoms with van der Waals surface area (Å²) in [5.74, 6) is -1.62. The number of amides is 1. The highest BCUT2D eigenvalue weighted by molar-refractivity contribution is 8.00. The van der Waals surface area contributed by atoms with Gasteiger partial charge in [0.2, 0.25) is 5.91 Å². The first-order valence-electron chi connectivity index (χ1n) is 6.20. The molecule has 1 amide bonds. The van der Waals surface area contributed by atoms with Gasteiger partial charge in [-0.1, -0.05) is 23.7 Å². The minimum atomic E-state index is -0.918. The fraction of sp³-hybridized carbons (Fsp3) is 0.133. The van der Waals surface area contributed by atoms with Gasteiger partial charge in [0.1, 0.15) is 5.37 Å². The third-order valence-electron chi connectivity index (χ3n) is 3.18. The Labute approximate surface area is 129 Å². The smallest absolute Gasteiger partial charge is 0.238 e. The summed E-state index contributed by atoms with van der Waals surface area (Å²) < 4.78 is 26.5. The van der Waals surface area contributed by atoms with Crippen LogP contribution in [0, 0.1) is 11.6 Å².